The zero-order chi connectivity index (χ0) is 17.9. The topological polar surface area (TPSA) is 63.1 Å². The molecule has 2 aromatic heterocycles. The summed E-state index contributed by atoms with van der Waals surface area (Å²) in [5, 5.41) is 3.25. The van der Waals surface area contributed by atoms with E-state index in [1.165, 1.54) is 19.3 Å². The van der Waals surface area contributed by atoms with Gasteiger partial charge in [-0.3, -0.25) is 0 Å². The number of likely N-dealkylation sites (tertiary alicyclic amines) is 1. The molecule has 26 heavy (non-hydrogen) atoms. The van der Waals surface area contributed by atoms with Crippen LogP contribution < -0.4 is 5.32 Å². The Morgan fingerprint density at radius 2 is 2.12 bits per heavy atom. The molecule has 1 aliphatic heterocycles. The Morgan fingerprint density at radius 3 is 2.92 bits per heavy atom. The molecule has 4 rings (SSSR count). The molecule has 140 valence electrons. The van der Waals surface area contributed by atoms with Gasteiger partial charge in [-0.05, 0) is 37.8 Å². The van der Waals surface area contributed by atoms with E-state index in [2.05, 4.69) is 21.8 Å². The maximum absolute atomic E-state index is 12.7. The standard InChI is InChI=1S/C20H29N5O/c1-2-7-18-23-17-10-6-12-21-19(17)25(18)16-11-13-24(14-16)20(26)22-15-8-4-3-5-9-15/h6,10,12,15-16H,2-5,7-9,11,13-14H2,1H3,(H,22,26). The first-order chi connectivity index (χ1) is 12.8. The van der Waals surface area contributed by atoms with Crippen molar-refractivity contribution >= 4 is 17.2 Å². The van der Waals surface area contributed by atoms with Gasteiger partial charge >= 0.3 is 6.03 Å². The number of rotatable bonds is 4. The summed E-state index contributed by atoms with van der Waals surface area (Å²) >= 11 is 0. The lowest BCUT2D eigenvalue weighted by Crippen LogP contribution is -2.44. The number of urea groups is 1. The summed E-state index contributed by atoms with van der Waals surface area (Å²) in [6.45, 7) is 3.73. The lowest BCUT2D eigenvalue weighted by atomic mass is 9.96. The van der Waals surface area contributed by atoms with Crippen LogP contribution in [-0.2, 0) is 6.42 Å². The molecular formula is C20H29N5O. The molecule has 2 fully saturated rings. The van der Waals surface area contributed by atoms with Crippen molar-refractivity contribution < 1.29 is 4.79 Å². The van der Waals surface area contributed by atoms with Crippen molar-refractivity contribution in [2.24, 2.45) is 0 Å². The summed E-state index contributed by atoms with van der Waals surface area (Å²) < 4.78 is 2.28. The minimum atomic E-state index is 0.105. The maximum atomic E-state index is 12.7. The Morgan fingerprint density at radius 1 is 1.27 bits per heavy atom. The van der Waals surface area contributed by atoms with Crippen LogP contribution in [0.3, 0.4) is 0 Å². The van der Waals surface area contributed by atoms with E-state index in [1.54, 1.807) is 0 Å². The molecule has 2 aromatic rings. The van der Waals surface area contributed by atoms with Gasteiger partial charge in [0.2, 0.25) is 0 Å². The predicted octanol–water partition coefficient (Wildman–Crippen LogP) is 3.67. The van der Waals surface area contributed by atoms with Crippen molar-refractivity contribution in [1.82, 2.24) is 24.8 Å². The van der Waals surface area contributed by atoms with Crippen molar-refractivity contribution in [3.05, 3.63) is 24.2 Å². The summed E-state index contributed by atoms with van der Waals surface area (Å²) in [7, 11) is 0. The molecule has 0 aromatic carbocycles. The van der Waals surface area contributed by atoms with Crippen molar-refractivity contribution in [3.63, 3.8) is 0 Å². The first-order valence-corrected chi connectivity index (χ1v) is 10.1. The van der Waals surface area contributed by atoms with Gasteiger partial charge in [0.05, 0.1) is 6.04 Å². The molecule has 1 saturated carbocycles. The number of hydrogen-bond acceptors (Lipinski definition) is 3. The SMILES string of the molecule is CCCc1nc2cccnc2n1C1CCN(C(=O)NC2CCCCC2)C1. The number of amides is 2. The summed E-state index contributed by atoms with van der Waals surface area (Å²) in [5.41, 5.74) is 1.91. The zero-order valence-electron chi connectivity index (χ0n) is 15.7. The maximum Gasteiger partial charge on any atom is 0.317 e. The largest absolute Gasteiger partial charge is 0.335 e. The molecule has 1 atom stereocenters. The van der Waals surface area contributed by atoms with Gasteiger partial charge in [0.25, 0.3) is 0 Å². The van der Waals surface area contributed by atoms with Crippen molar-refractivity contribution in [2.45, 2.75) is 70.4 Å². The van der Waals surface area contributed by atoms with Gasteiger partial charge in [-0.15, -0.1) is 0 Å². The number of imidazole rings is 1. The Balaban J connectivity index is 1.49. The highest BCUT2D eigenvalue weighted by Crippen LogP contribution is 2.28. The highest BCUT2D eigenvalue weighted by atomic mass is 16.2. The minimum Gasteiger partial charge on any atom is -0.335 e. The van der Waals surface area contributed by atoms with Crippen LogP contribution in [0.5, 0.6) is 0 Å². The van der Waals surface area contributed by atoms with Gasteiger partial charge in [-0.1, -0.05) is 26.2 Å². The average molecular weight is 355 g/mol. The summed E-state index contributed by atoms with van der Waals surface area (Å²) in [5.74, 6) is 1.10. The third kappa shape index (κ3) is 3.41. The third-order valence-electron chi connectivity index (χ3n) is 5.74. The lowest BCUT2D eigenvalue weighted by Gasteiger charge is -2.26. The Kier molecular flexibility index (Phi) is 5.09. The van der Waals surface area contributed by atoms with Crippen LogP contribution in [0.25, 0.3) is 11.2 Å². The molecule has 1 N–H and O–H groups in total. The van der Waals surface area contributed by atoms with E-state index in [0.29, 0.717) is 6.04 Å². The number of aromatic nitrogens is 3. The zero-order valence-corrected chi connectivity index (χ0v) is 15.7. The predicted molar refractivity (Wildman–Crippen MR) is 102 cm³/mol. The van der Waals surface area contributed by atoms with Crippen LogP contribution in [0.4, 0.5) is 4.79 Å². The Bertz CT molecular complexity index is 765. The van der Waals surface area contributed by atoms with Crippen LogP contribution in [0, 0.1) is 0 Å². The highest BCUT2D eigenvalue weighted by molar-refractivity contribution is 5.75. The number of fused-ring (bicyclic) bond motifs is 1. The van der Waals surface area contributed by atoms with Crippen LogP contribution in [-0.4, -0.2) is 44.6 Å². The number of pyridine rings is 1. The normalized spacial score (nSPS) is 21.4. The molecule has 0 radical (unpaired) electrons. The third-order valence-corrected chi connectivity index (χ3v) is 5.74. The van der Waals surface area contributed by atoms with Crippen molar-refractivity contribution in [2.75, 3.05) is 13.1 Å². The van der Waals surface area contributed by atoms with Gasteiger partial charge in [-0.25, -0.2) is 14.8 Å². The molecule has 1 saturated heterocycles. The molecule has 1 unspecified atom stereocenters. The number of carbonyl (C=O) groups is 1. The molecule has 6 heteroatoms. The minimum absolute atomic E-state index is 0.105. The van der Waals surface area contributed by atoms with E-state index >= 15 is 0 Å². The highest BCUT2D eigenvalue weighted by Gasteiger charge is 2.31. The fraction of sp³-hybridized carbons (Fsp3) is 0.650. The van der Waals surface area contributed by atoms with Gasteiger partial charge in [-0.2, -0.15) is 0 Å². The first-order valence-electron chi connectivity index (χ1n) is 10.1. The second-order valence-electron chi connectivity index (χ2n) is 7.67. The van der Waals surface area contributed by atoms with E-state index in [0.717, 1.165) is 62.2 Å². The molecule has 3 heterocycles. The monoisotopic (exact) mass is 355 g/mol. The van der Waals surface area contributed by atoms with Crippen LogP contribution in [0.15, 0.2) is 18.3 Å². The van der Waals surface area contributed by atoms with E-state index in [9.17, 15) is 4.79 Å². The van der Waals surface area contributed by atoms with E-state index < -0.39 is 0 Å². The number of hydrogen-bond donors (Lipinski definition) is 1. The molecule has 2 amide bonds. The average Bonchev–Trinajstić information content (AvgIpc) is 3.27. The van der Waals surface area contributed by atoms with Gasteiger partial charge in [0.1, 0.15) is 11.3 Å². The molecule has 6 nitrogen and oxygen atoms in total. The number of carbonyl (C=O) groups excluding carboxylic acids is 1. The first kappa shape index (κ1) is 17.3. The summed E-state index contributed by atoms with van der Waals surface area (Å²) in [6.07, 6.45) is 10.8. The second-order valence-corrected chi connectivity index (χ2v) is 7.67. The number of nitrogens with one attached hydrogen (secondary N) is 1. The van der Waals surface area contributed by atoms with Crippen LogP contribution >= 0.6 is 0 Å². The van der Waals surface area contributed by atoms with E-state index in [1.807, 2.05) is 23.2 Å². The molecular weight excluding hydrogens is 326 g/mol. The summed E-state index contributed by atoms with van der Waals surface area (Å²) in [4.78, 5) is 24.0. The molecule has 1 aliphatic carbocycles. The van der Waals surface area contributed by atoms with Gasteiger partial charge in [0.15, 0.2) is 5.65 Å². The van der Waals surface area contributed by atoms with Crippen molar-refractivity contribution in [1.29, 1.82) is 0 Å². The number of aryl methyl sites for hydroxylation is 1. The lowest BCUT2D eigenvalue weighted by molar-refractivity contribution is 0.199. The van der Waals surface area contributed by atoms with Crippen molar-refractivity contribution in [3.8, 4) is 0 Å². The van der Waals surface area contributed by atoms with Crippen LogP contribution in [0.1, 0.15) is 63.7 Å². The Hall–Kier alpha value is -2.11. The quantitative estimate of drug-likeness (QED) is 0.910. The van der Waals surface area contributed by atoms with E-state index in [-0.39, 0.29) is 12.1 Å². The van der Waals surface area contributed by atoms with E-state index in [4.69, 9.17) is 4.98 Å². The molecule has 0 bridgehead atoms. The smallest absolute Gasteiger partial charge is 0.317 e. The Labute approximate surface area is 155 Å². The second kappa shape index (κ2) is 7.64. The fourth-order valence-electron chi connectivity index (χ4n) is 4.41. The fourth-order valence-corrected chi connectivity index (χ4v) is 4.41. The van der Waals surface area contributed by atoms with Gasteiger partial charge < -0.3 is 14.8 Å². The number of nitrogens with zero attached hydrogens (tertiary/aromatic N) is 4. The van der Waals surface area contributed by atoms with Crippen LogP contribution in [0.2, 0.25) is 0 Å². The molecule has 0 spiro atoms. The molecule has 2 aliphatic rings. The van der Waals surface area contributed by atoms with Gasteiger partial charge in [0, 0.05) is 31.7 Å². The summed E-state index contributed by atoms with van der Waals surface area (Å²) in [6, 6.07) is 4.71.